The maximum Gasteiger partial charge on any atom is 0.312 e. The molecule has 0 heterocycles. The predicted octanol–water partition coefficient (Wildman–Crippen LogP) is 6.09. The summed E-state index contributed by atoms with van der Waals surface area (Å²) in [6.45, 7) is 21.7. The van der Waals surface area contributed by atoms with Gasteiger partial charge in [-0.25, -0.2) is 0 Å². The van der Waals surface area contributed by atoms with Gasteiger partial charge >= 0.3 is 5.97 Å². The van der Waals surface area contributed by atoms with Crippen LogP contribution in [0, 0.1) is 28.6 Å². The number of rotatable bonds is 8. The Kier molecular flexibility index (Phi) is 8.16. The van der Waals surface area contributed by atoms with Crippen molar-refractivity contribution in [2.24, 2.45) is 28.6 Å². The van der Waals surface area contributed by atoms with E-state index in [0.717, 1.165) is 19.3 Å². The van der Waals surface area contributed by atoms with E-state index >= 15 is 0 Å². The Morgan fingerprint density at radius 1 is 0.864 bits per heavy atom. The first-order valence-corrected chi connectivity index (χ1v) is 8.99. The average molecular weight is 313 g/mol. The van der Waals surface area contributed by atoms with Crippen molar-refractivity contribution in [1.82, 2.24) is 0 Å². The van der Waals surface area contributed by atoms with Crippen LogP contribution in [0.15, 0.2) is 0 Å². The van der Waals surface area contributed by atoms with Crippen LogP contribution in [-0.4, -0.2) is 12.1 Å². The van der Waals surface area contributed by atoms with Crippen LogP contribution in [0.3, 0.4) is 0 Å². The summed E-state index contributed by atoms with van der Waals surface area (Å²) in [5.74, 6) is 1.36. The van der Waals surface area contributed by atoms with Gasteiger partial charge in [-0.05, 0) is 49.4 Å². The summed E-state index contributed by atoms with van der Waals surface area (Å²) in [5, 5.41) is 0. The molecule has 1 unspecified atom stereocenters. The lowest BCUT2D eigenvalue weighted by molar-refractivity contribution is -0.167. The second-order valence-corrected chi connectivity index (χ2v) is 9.60. The van der Waals surface area contributed by atoms with Crippen molar-refractivity contribution >= 4 is 5.97 Å². The van der Waals surface area contributed by atoms with Crippen molar-refractivity contribution in [1.29, 1.82) is 0 Å². The molecule has 0 amide bonds. The average Bonchev–Trinajstić information content (AvgIpc) is 2.23. The van der Waals surface area contributed by atoms with Gasteiger partial charge in [0.1, 0.15) is 6.10 Å². The number of carbonyl (C=O) groups is 1. The van der Waals surface area contributed by atoms with Gasteiger partial charge in [0.05, 0.1) is 5.41 Å². The van der Waals surface area contributed by atoms with Crippen LogP contribution in [0.1, 0.15) is 88.5 Å². The summed E-state index contributed by atoms with van der Waals surface area (Å²) in [4.78, 5) is 12.9. The van der Waals surface area contributed by atoms with Crippen LogP contribution in [-0.2, 0) is 9.53 Å². The smallest absolute Gasteiger partial charge is 0.312 e. The van der Waals surface area contributed by atoms with E-state index < -0.39 is 5.41 Å². The molecule has 2 nitrogen and oxygen atoms in total. The first-order valence-electron chi connectivity index (χ1n) is 8.99. The normalized spacial score (nSPS) is 15.7. The summed E-state index contributed by atoms with van der Waals surface area (Å²) in [6, 6.07) is 0. The highest BCUT2D eigenvalue weighted by Gasteiger charge is 2.42. The van der Waals surface area contributed by atoms with Gasteiger partial charge in [0.2, 0.25) is 0 Å². The molecule has 0 aromatic carbocycles. The van der Waals surface area contributed by atoms with E-state index in [-0.39, 0.29) is 23.4 Å². The van der Waals surface area contributed by atoms with Crippen LogP contribution < -0.4 is 0 Å². The number of carbonyl (C=O) groups excluding carboxylic acids is 1. The van der Waals surface area contributed by atoms with Gasteiger partial charge in [-0.15, -0.1) is 0 Å². The molecule has 0 spiro atoms. The molecule has 1 atom stereocenters. The Labute approximate surface area is 139 Å². The van der Waals surface area contributed by atoms with Gasteiger partial charge in [0, 0.05) is 0 Å². The van der Waals surface area contributed by atoms with Gasteiger partial charge in [0.25, 0.3) is 0 Å². The summed E-state index contributed by atoms with van der Waals surface area (Å²) in [6.07, 6.45) is 2.80. The van der Waals surface area contributed by atoms with Crippen LogP contribution >= 0.6 is 0 Å². The molecule has 0 aromatic heterocycles. The molecule has 0 aliphatic rings. The van der Waals surface area contributed by atoms with Gasteiger partial charge in [-0.1, -0.05) is 62.3 Å². The van der Waals surface area contributed by atoms with E-state index in [4.69, 9.17) is 4.74 Å². The summed E-state index contributed by atoms with van der Waals surface area (Å²) in [7, 11) is 0. The minimum Gasteiger partial charge on any atom is -0.462 e. The summed E-state index contributed by atoms with van der Waals surface area (Å²) < 4.78 is 6.01. The van der Waals surface area contributed by atoms with Crippen molar-refractivity contribution in [3.63, 3.8) is 0 Å². The van der Waals surface area contributed by atoms with E-state index in [0.29, 0.717) is 11.8 Å². The fourth-order valence-electron chi connectivity index (χ4n) is 3.14. The lowest BCUT2D eigenvalue weighted by Gasteiger charge is -2.38. The zero-order chi connectivity index (χ0) is 17.7. The maximum absolute atomic E-state index is 12.9. The highest BCUT2D eigenvalue weighted by atomic mass is 16.5. The standard InChI is InChI=1S/C20H40O2/c1-14(2)11-17(12-15(3)4)22-18(21)20(10,16(5)6)13-19(7,8)9/h14-17H,11-13H2,1-10H3. The lowest BCUT2D eigenvalue weighted by atomic mass is 9.68. The third-order valence-corrected chi connectivity index (χ3v) is 4.38. The second-order valence-electron chi connectivity index (χ2n) is 9.60. The molecule has 0 saturated heterocycles. The Hall–Kier alpha value is -0.530. The first-order chi connectivity index (χ1) is 9.78. The van der Waals surface area contributed by atoms with Crippen LogP contribution in [0.25, 0.3) is 0 Å². The number of ether oxygens (including phenoxy) is 1. The van der Waals surface area contributed by atoms with E-state index in [1.165, 1.54) is 0 Å². The molecular formula is C20H40O2. The number of esters is 1. The highest BCUT2D eigenvalue weighted by Crippen LogP contribution is 2.41. The second kappa shape index (κ2) is 8.36. The molecule has 132 valence electrons. The molecule has 0 N–H and O–H groups in total. The van der Waals surface area contributed by atoms with Crippen LogP contribution in [0.5, 0.6) is 0 Å². The van der Waals surface area contributed by atoms with Crippen molar-refractivity contribution in [2.45, 2.75) is 94.6 Å². The number of hydrogen-bond donors (Lipinski definition) is 0. The molecular weight excluding hydrogens is 272 g/mol. The molecule has 0 aliphatic heterocycles. The molecule has 0 bridgehead atoms. The van der Waals surface area contributed by atoms with Crippen molar-refractivity contribution in [3.05, 3.63) is 0 Å². The fraction of sp³-hybridized carbons (Fsp3) is 0.950. The van der Waals surface area contributed by atoms with E-state index in [1.807, 2.05) is 0 Å². The molecule has 0 fully saturated rings. The third-order valence-electron chi connectivity index (χ3n) is 4.38. The Balaban J connectivity index is 5.12. The monoisotopic (exact) mass is 312 g/mol. The maximum atomic E-state index is 12.9. The molecule has 22 heavy (non-hydrogen) atoms. The summed E-state index contributed by atoms with van der Waals surface area (Å²) in [5.41, 5.74) is -0.298. The Morgan fingerprint density at radius 3 is 1.55 bits per heavy atom. The zero-order valence-electron chi connectivity index (χ0n) is 16.7. The van der Waals surface area contributed by atoms with Crippen LogP contribution in [0.4, 0.5) is 0 Å². The molecule has 0 saturated carbocycles. The largest absolute Gasteiger partial charge is 0.462 e. The zero-order valence-corrected chi connectivity index (χ0v) is 16.7. The quantitative estimate of drug-likeness (QED) is 0.507. The first kappa shape index (κ1) is 21.5. The van der Waals surface area contributed by atoms with Crippen molar-refractivity contribution < 1.29 is 9.53 Å². The van der Waals surface area contributed by atoms with E-state index in [2.05, 4.69) is 69.2 Å². The van der Waals surface area contributed by atoms with Crippen LogP contribution in [0.2, 0.25) is 0 Å². The lowest BCUT2D eigenvalue weighted by Crippen LogP contribution is -2.40. The van der Waals surface area contributed by atoms with Crippen molar-refractivity contribution in [2.75, 3.05) is 0 Å². The van der Waals surface area contributed by atoms with Gasteiger partial charge in [0.15, 0.2) is 0 Å². The molecule has 2 heteroatoms. The van der Waals surface area contributed by atoms with Gasteiger partial charge in [-0.3, -0.25) is 4.79 Å². The van der Waals surface area contributed by atoms with Gasteiger partial charge < -0.3 is 4.74 Å². The predicted molar refractivity (Wildman–Crippen MR) is 95.8 cm³/mol. The van der Waals surface area contributed by atoms with E-state index in [1.54, 1.807) is 0 Å². The molecule has 0 rings (SSSR count). The van der Waals surface area contributed by atoms with Crippen molar-refractivity contribution in [3.8, 4) is 0 Å². The minimum atomic E-state index is -0.412. The SMILES string of the molecule is CC(C)CC(CC(C)C)OC(=O)C(C)(CC(C)(C)C)C(C)C. The number of hydrogen-bond acceptors (Lipinski definition) is 2. The Morgan fingerprint density at radius 2 is 1.27 bits per heavy atom. The molecule has 0 aromatic rings. The Bertz CT molecular complexity index is 326. The topological polar surface area (TPSA) is 26.3 Å². The third kappa shape index (κ3) is 7.65. The molecule has 0 aliphatic carbocycles. The van der Waals surface area contributed by atoms with E-state index in [9.17, 15) is 4.79 Å². The fourth-order valence-corrected chi connectivity index (χ4v) is 3.14. The minimum absolute atomic E-state index is 0.0104. The highest BCUT2D eigenvalue weighted by molar-refractivity contribution is 5.77. The summed E-state index contributed by atoms with van der Waals surface area (Å²) >= 11 is 0. The van der Waals surface area contributed by atoms with Gasteiger partial charge in [-0.2, -0.15) is 0 Å². The molecule has 0 radical (unpaired) electrons.